The van der Waals surface area contributed by atoms with Crippen LogP contribution in [-0.4, -0.2) is 23.1 Å². The fraction of sp³-hybridized carbons (Fsp3) is 0.115. The number of hydrogen-bond acceptors (Lipinski definition) is 3. The lowest BCUT2D eigenvalue weighted by Gasteiger charge is -2.10. The molecule has 0 saturated carbocycles. The fourth-order valence-electron chi connectivity index (χ4n) is 3.84. The van der Waals surface area contributed by atoms with Gasteiger partial charge in [0.25, 0.3) is 0 Å². The number of halogens is 1. The van der Waals surface area contributed by atoms with Crippen LogP contribution in [0.15, 0.2) is 85.2 Å². The molecule has 0 fully saturated rings. The molecule has 0 unspecified atom stereocenters. The number of fused-ring (bicyclic) bond motifs is 3. The third-order valence-electron chi connectivity index (χ3n) is 5.33. The largest absolute Gasteiger partial charge is 0.492 e. The molecule has 4 nitrogen and oxygen atoms in total. The van der Waals surface area contributed by atoms with Crippen molar-refractivity contribution in [3.63, 3.8) is 0 Å². The smallest absolute Gasteiger partial charge is 0.129 e. The summed E-state index contributed by atoms with van der Waals surface area (Å²) in [5, 5.41) is 5.70. The van der Waals surface area contributed by atoms with Crippen LogP contribution in [0, 0.1) is 5.82 Å². The highest BCUT2D eigenvalue weighted by Gasteiger charge is 2.09. The number of aromatic amines is 1. The number of nitrogens with one attached hydrogen (secondary N) is 2. The Balaban J connectivity index is 1.20. The molecule has 0 bridgehead atoms. The predicted octanol–water partition coefficient (Wildman–Crippen LogP) is 5.69. The topological polar surface area (TPSA) is 49.9 Å². The molecule has 5 heteroatoms. The molecule has 3 aromatic carbocycles. The van der Waals surface area contributed by atoms with Crippen LogP contribution < -0.4 is 10.1 Å². The summed E-state index contributed by atoms with van der Waals surface area (Å²) >= 11 is 0. The zero-order valence-corrected chi connectivity index (χ0v) is 16.9. The maximum absolute atomic E-state index is 13.1. The van der Waals surface area contributed by atoms with Crippen LogP contribution in [0.25, 0.3) is 32.9 Å². The van der Waals surface area contributed by atoms with Crippen LogP contribution >= 0.6 is 0 Å². The van der Waals surface area contributed by atoms with E-state index < -0.39 is 0 Å². The lowest BCUT2D eigenvalue weighted by Crippen LogP contribution is -2.20. The van der Waals surface area contributed by atoms with Gasteiger partial charge in [-0.25, -0.2) is 4.39 Å². The molecule has 2 N–H and O–H groups in total. The van der Waals surface area contributed by atoms with Gasteiger partial charge in [-0.05, 0) is 47.5 Å². The summed E-state index contributed by atoms with van der Waals surface area (Å²) in [5.74, 6) is 0.648. The number of nitrogens with zero attached hydrogens (tertiary/aromatic N) is 1. The summed E-state index contributed by atoms with van der Waals surface area (Å²) in [5.41, 5.74) is 5.18. The van der Waals surface area contributed by atoms with Gasteiger partial charge in [-0.3, -0.25) is 4.98 Å². The van der Waals surface area contributed by atoms with Crippen LogP contribution in [0.4, 0.5) is 4.39 Å². The van der Waals surface area contributed by atoms with E-state index in [2.05, 4.69) is 39.6 Å². The molecule has 0 saturated heterocycles. The first-order chi connectivity index (χ1) is 15.3. The predicted molar refractivity (Wildman–Crippen MR) is 123 cm³/mol. The Morgan fingerprint density at radius 3 is 2.61 bits per heavy atom. The molecule has 154 valence electrons. The number of ether oxygens (including phenoxy) is 1. The second-order valence-corrected chi connectivity index (χ2v) is 7.46. The van der Waals surface area contributed by atoms with Crippen molar-refractivity contribution in [2.45, 2.75) is 6.54 Å². The number of para-hydroxylation sites is 1. The normalized spacial score (nSPS) is 11.3. The standard InChI is InChI=1S/C26H22FN3O/c27-21-10-8-19(9-11-21)20-14-18(16-29-17-20)15-28-12-13-31-25-7-3-6-24-26(25)22-4-1-2-5-23(22)30-24/h1-11,14,16-17,28,30H,12-13,15H2. The van der Waals surface area contributed by atoms with Crippen molar-refractivity contribution in [1.29, 1.82) is 0 Å². The number of H-pyrrole nitrogens is 1. The van der Waals surface area contributed by atoms with Crippen LogP contribution in [0.1, 0.15) is 5.56 Å². The van der Waals surface area contributed by atoms with Gasteiger partial charge < -0.3 is 15.0 Å². The summed E-state index contributed by atoms with van der Waals surface area (Å²) < 4.78 is 19.2. The Labute approximate surface area is 179 Å². The Morgan fingerprint density at radius 1 is 0.871 bits per heavy atom. The zero-order valence-electron chi connectivity index (χ0n) is 16.9. The van der Waals surface area contributed by atoms with Crippen molar-refractivity contribution in [3.05, 3.63) is 96.6 Å². The third-order valence-corrected chi connectivity index (χ3v) is 5.33. The number of benzene rings is 3. The van der Waals surface area contributed by atoms with Crippen LogP contribution in [-0.2, 0) is 6.54 Å². The van der Waals surface area contributed by atoms with Gasteiger partial charge >= 0.3 is 0 Å². The molecule has 0 amide bonds. The van der Waals surface area contributed by atoms with Gasteiger partial charge in [-0.2, -0.15) is 0 Å². The molecule has 5 aromatic rings. The van der Waals surface area contributed by atoms with Gasteiger partial charge in [0.05, 0.1) is 5.52 Å². The van der Waals surface area contributed by atoms with Crippen LogP contribution in [0.2, 0.25) is 0 Å². The number of pyridine rings is 1. The Kier molecular flexibility index (Phi) is 5.33. The van der Waals surface area contributed by atoms with Crippen molar-refractivity contribution in [2.24, 2.45) is 0 Å². The van der Waals surface area contributed by atoms with E-state index in [0.717, 1.165) is 38.9 Å². The molecular formula is C26H22FN3O. The van der Waals surface area contributed by atoms with E-state index in [1.54, 1.807) is 18.3 Å². The average molecular weight is 411 g/mol. The van der Waals surface area contributed by atoms with E-state index in [4.69, 9.17) is 4.74 Å². The summed E-state index contributed by atoms with van der Waals surface area (Å²) in [6.07, 6.45) is 3.63. The fourth-order valence-corrected chi connectivity index (χ4v) is 3.84. The molecule has 2 heterocycles. The van der Waals surface area contributed by atoms with Crippen LogP contribution in [0.3, 0.4) is 0 Å². The Hall–Kier alpha value is -3.70. The number of aromatic nitrogens is 2. The minimum absolute atomic E-state index is 0.238. The van der Waals surface area contributed by atoms with Gasteiger partial charge in [0.15, 0.2) is 0 Å². The van der Waals surface area contributed by atoms with E-state index in [0.29, 0.717) is 19.7 Å². The molecule has 0 spiro atoms. The average Bonchev–Trinajstić information content (AvgIpc) is 3.19. The highest BCUT2D eigenvalue weighted by atomic mass is 19.1. The number of hydrogen-bond donors (Lipinski definition) is 2. The minimum Gasteiger partial charge on any atom is -0.492 e. The lowest BCUT2D eigenvalue weighted by molar-refractivity contribution is 0.317. The van der Waals surface area contributed by atoms with Gasteiger partial charge in [-0.15, -0.1) is 0 Å². The van der Waals surface area contributed by atoms with Gasteiger partial charge in [0.2, 0.25) is 0 Å². The highest BCUT2D eigenvalue weighted by Crippen LogP contribution is 2.32. The molecule has 2 aromatic heterocycles. The van der Waals surface area contributed by atoms with Crippen molar-refractivity contribution in [3.8, 4) is 16.9 Å². The van der Waals surface area contributed by atoms with E-state index in [-0.39, 0.29) is 5.82 Å². The minimum atomic E-state index is -0.238. The SMILES string of the molecule is Fc1ccc(-c2cncc(CNCCOc3cccc4[nH]c5ccccc5c34)c2)cc1. The van der Waals surface area contributed by atoms with Crippen molar-refractivity contribution in [2.75, 3.05) is 13.2 Å². The molecule has 0 aliphatic heterocycles. The molecule has 0 atom stereocenters. The molecular weight excluding hydrogens is 389 g/mol. The van der Waals surface area contributed by atoms with Crippen molar-refractivity contribution in [1.82, 2.24) is 15.3 Å². The van der Waals surface area contributed by atoms with E-state index >= 15 is 0 Å². The first-order valence-corrected chi connectivity index (χ1v) is 10.3. The van der Waals surface area contributed by atoms with Crippen LogP contribution in [0.5, 0.6) is 5.75 Å². The highest BCUT2D eigenvalue weighted by molar-refractivity contribution is 6.10. The van der Waals surface area contributed by atoms with Gasteiger partial charge in [0.1, 0.15) is 18.2 Å². The molecule has 5 rings (SSSR count). The first-order valence-electron chi connectivity index (χ1n) is 10.3. The molecule has 31 heavy (non-hydrogen) atoms. The second kappa shape index (κ2) is 8.58. The van der Waals surface area contributed by atoms with Crippen molar-refractivity contribution < 1.29 is 9.13 Å². The second-order valence-electron chi connectivity index (χ2n) is 7.46. The van der Waals surface area contributed by atoms with E-state index in [9.17, 15) is 4.39 Å². The third kappa shape index (κ3) is 4.13. The molecule has 0 radical (unpaired) electrons. The molecule has 0 aliphatic rings. The monoisotopic (exact) mass is 411 g/mol. The van der Waals surface area contributed by atoms with Gasteiger partial charge in [-0.1, -0.05) is 36.4 Å². The van der Waals surface area contributed by atoms with Crippen molar-refractivity contribution >= 4 is 21.8 Å². The summed E-state index contributed by atoms with van der Waals surface area (Å²) in [4.78, 5) is 7.76. The quantitative estimate of drug-likeness (QED) is 0.338. The summed E-state index contributed by atoms with van der Waals surface area (Å²) in [7, 11) is 0. The van der Waals surface area contributed by atoms with Gasteiger partial charge in [0, 0.05) is 47.3 Å². The lowest BCUT2D eigenvalue weighted by atomic mass is 10.1. The Morgan fingerprint density at radius 2 is 1.71 bits per heavy atom. The summed E-state index contributed by atoms with van der Waals surface area (Å²) in [6.45, 7) is 1.95. The van der Waals surface area contributed by atoms with E-state index in [1.165, 1.54) is 17.5 Å². The number of rotatable bonds is 7. The first kappa shape index (κ1) is 19.3. The van der Waals surface area contributed by atoms with E-state index in [1.807, 2.05) is 30.5 Å². The Bertz CT molecular complexity index is 1330. The summed E-state index contributed by atoms with van der Waals surface area (Å²) in [6, 6.07) is 22.9. The maximum atomic E-state index is 13.1. The maximum Gasteiger partial charge on any atom is 0.129 e. The molecule has 0 aliphatic carbocycles. The zero-order chi connectivity index (χ0) is 21.0.